The summed E-state index contributed by atoms with van der Waals surface area (Å²) < 4.78 is 16.9. The molecule has 0 fully saturated rings. The van der Waals surface area contributed by atoms with E-state index in [1.165, 1.54) is 0 Å². The Kier molecular flexibility index (Phi) is 6.77. The van der Waals surface area contributed by atoms with Gasteiger partial charge in [-0.1, -0.05) is 42.5 Å². The molecule has 0 bridgehead atoms. The van der Waals surface area contributed by atoms with Gasteiger partial charge in [-0.15, -0.1) is 0 Å². The number of pyridine rings is 1. The van der Waals surface area contributed by atoms with E-state index in [0.29, 0.717) is 29.7 Å². The maximum atomic E-state index is 5.89. The van der Waals surface area contributed by atoms with Crippen molar-refractivity contribution in [2.24, 2.45) is 0 Å². The number of hydrogen-bond donors (Lipinski definition) is 0. The van der Waals surface area contributed by atoms with Crippen molar-refractivity contribution < 1.29 is 14.2 Å². The van der Waals surface area contributed by atoms with Crippen LogP contribution in [0.15, 0.2) is 72.9 Å². The molecule has 0 spiro atoms. The average molecular weight is 379 g/mol. The first-order chi connectivity index (χ1) is 13.2. The van der Waals surface area contributed by atoms with Crippen LogP contribution in [0.3, 0.4) is 0 Å². The fourth-order valence-electron chi connectivity index (χ4n) is 2.54. The van der Waals surface area contributed by atoms with Crippen LogP contribution in [0, 0.1) is 0 Å². The number of rotatable bonds is 8. The molecule has 0 N–H and O–H groups in total. The minimum absolute atomic E-state index is 0.499. The molecule has 1 aromatic heterocycles. The minimum atomic E-state index is 0.499. The van der Waals surface area contributed by atoms with Gasteiger partial charge < -0.3 is 14.2 Å². The normalized spacial score (nSPS) is 10.3. The van der Waals surface area contributed by atoms with Crippen LogP contribution in [0.5, 0.6) is 17.4 Å². The molecule has 3 rings (SSSR count). The molecule has 0 aliphatic heterocycles. The number of hydrogen-bond acceptors (Lipinski definition) is 5. The molecule has 2 aromatic carbocycles. The Morgan fingerprint density at radius 2 is 1.74 bits per heavy atom. The molecule has 0 atom stereocenters. The molecular weight excluding hydrogens is 358 g/mol. The van der Waals surface area contributed by atoms with Crippen LogP contribution in [0.4, 0.5) is 0 Å². The second-order valence-corrected chi connectivity index (χ2v) is 6.36. The van der Waals surface area contributed by atoms with E-state index in [1.807, 2.05) is 60.7 Å². The van der Waals surface area contributed by atoms with Crippen LogP contribution < -0.4 is 14.2 Å². The van der Waals surface area contributed by atoms with Crippen LogP contribution in [-0.4, -0.2) is 17.1 Å². The third kappa shape index (κ3) is 5.79. The van der Waals surface area contributed by atoms with Gasteiger partial charge in [-0.25, -0.2) is 4.98 Å². The first-order valence-corrected chi connectivity index (χ1v) is 9.11. The second-order valence-electron chi connectivity index (χ2n) is 5.90. The van der Waals surface area contributed by atoms with Crippen LogP contribution in [0.2, 0.25) is 0 Å². The topological polar surface area (TPSA) is 40.6 Å². The van der Waals surface area contributed by atoms with Gasteiger partial charge in [0.15, 0.2) is 16.5 Å². The first kappa shape index (κ1) is 18.9. The van der Waals surface area contributed by atoms with Crippen molar-refractivity contribution in [2.75, 3.05) is 7.11 Å². The molecular formula is C22H21NO3S. The molecule has 0 aliphatic carbocycles. The van der Waals surface area contributed by atoms with E-state index >= 15 is 0 Å². The average Bonchev–Trinajstić information content (AvgIpc) is 2.72. The third-order valence-corrected chi connectivity index (χ3v) is 4.23. The summed E-state index contributed by atoms with van der Waals surface area (Å²) in [7, 11) is 1.64. The van der Waals surface area contributed by atoms with Gasteiger partial charge in [-0.2, -0.15) is 0 Å². The predicted octanol–water partition coefficient (Wildman–Crippen LogP) is 5.01. The van der Waals surface area contributed by atoms with Gasteiger partial charge in [0.2, 0.25) is 5.88 Å². The van der Waals surface area contributed by atoms with Crippen LogP contribution in [-0.2, 0) is 13.0 Å². The van der Waals surface area contributed by atoms with Gasteiger partial charge in [0.1, 0.15) is 6.61 Å². The maximum Gasteiger partial charge on any atom is 0.219 e. The number of benzene rings is 2. The minimum Gasteiger partial charge on any atom is -0.493 e. The predicted molar refractivity (Wildman–Crippen MR) is 110 cm³/mol. The van der Waals surface area contributed by atoms with Crippen molar-refractivity contribution in [3.63, 3.8) is 0 Å². The molecule has 0 radical (unpaired) electrons. The summed E-state index contributed by atoms with van der Waals surface area (Å²) >= 11 is 5.30. The second kappa shape index (κ2) is 9.69. The van der Waals surface area contributed by atoms with Crippen molar-refractivity contribution in [1.82, 2.24) is 4.98 Å². The third-order valence-electron chi connectivity index (χ3n) is 3.94. The van der Waals surface area contributed by atoms with E-state index < -0.39 is 0 Å². The van der Waals surface area contributed by atoms with Crippen molar-refractivity contribution in [3.05, 3.63) is 84.1 Å². The number of nitrogens with zero attached hydrogens (tertiary/aromatic N) is 1. The highest BCUT2D eigenvalue weighted by Crippen LogP contribution is 2.29. The van der Waals surface area contributed by atoms with E-state index in [4.69, 9.17) is 26.4 Å². The van der Waals surface area contributed by atoms with E-state index in [0.717, 1.165) is 23.3 Å². The number of methoxy groups -OCH3 is 1. The zero-order chi connectivity index (χ0) is 18.9. The van der Waals surface area contributed by atoms with Crippen molar-refractivity contribution in [3.8, 4) is 17.4 Å². The van der Waals surface area contributed by atoms with Crippen LogP contribution >= 0.6 is 12.2 Å². The molecule has 0 saturated heterocycles. The summed E-state index contributed by atoms with van der Waals surface area (Å²) in [6.07, 6.45) is 3.05. The molecule has 0 saturated carbocycles. The zero-order valence-electron chi connectivity index (χ0n) is 15.1. The smallest absolute Gasteiger partial charge is 0.219 e. The highest BCUT2D eigenvalue weighted by molar-refractivity contribution is 7.80. The lowest BCUT2D eigenvalue weighted by atomic mass is 10.1. The molecule has 5 heteroatoms. The zero-order valence-corrected chi connectivity index (χ0v) is 15.9. The maximum absolute atomic E-state index is 5.89. The SMILES string of the molecule is COc1cc(CCC(=S)Oc2ccccn2)ccc1OCc1ccccc1. The van der Waals surface area contributed by atoms with Crippen LogP contribution in [0.1, 0.15) is 17.5 Å². The highest BCUT2D eigenvalue weighted by Gasteiger charge is 2.08. The summed E-state index contributed by atoms with van der Waals surface area (Å²) in [6.45, 7) is 0.499. The van der Waals surface area contributed by atoms with Crippen molar-refractivity contribution >= 4 is 17.3 Å². The Hall–Kier alpha value is -2.92. The quantitative estimate of drug-likeness (QED) is 0.515. The van der Waals surface area contributed by atoms with E-state index in [1.54, 1.807) is 19.4 Å². The Bertz CT molecular complexity index is 869. The summed E-state index contributed by atoms with van der Waals surface area (Å²) in [6, 6.07) is 21.5. The Balaban J connectivity index is 1.56. The monoisotopic (exact) mass is 379 g/mol. The van der Waals surface area contributed by atoms with E-state index in [9.17, 15) is 0 Å². The summed E-state index contributed by atoms with van der Waals surface area (Å²) in [5.74, 6) is 1.95. The summed E-state index contributed by atoms with van der Waals surface area (Å²) in [4.78, 5) is 4.11. The lowest BCUT2D eigenvalue weighted by Gasteiger charge is -2.12. The molecule has 1 heterocycles. The van der Waals surface area contributed by atoms with Crippen LogP contribution in [0.25, 0.3) is 0 Å². The Morgan fingerprint density at radius 3 is 2.48 bits per heavy atom. The number of thiocarbonyl (C=S) groups is 1. The molecule has 3 aromatic rings. The van der Waals surface area contributed by atoms with Crippen molar-refractivity contribution in [2.45, 2.75) is 19.4 Å². The largest absolute Gasteiger partial charge is 0.493 e. The van der Waals surface area contributed by atoms with E-state index in [2.05, 4.69) is 4.98 Å². The first-order valence-electron chi connectivity index (χ1n) is 8.70. The number of aromatic nitrogens is 1. The summed E-state index contributed by atoms with van der Waals surface area (Å²) in [5, 5.41) is 0.511. The highest BCUT2D eigenvalue weighted by atomic mass is 32.1. The molecule has 0 aliphatic rings. The Labute approximate surface area is 164 Å². The number of ether oxygens (including phenoxy) is 3. The number of aryl methyl sites for hydroxylation is 1. The Morgan fingerprint density at radius 1 is 0.926 bits per heavy atom. The molecule has 0 unspecified atom stereocenters. The van der Waals surface area contributed by atoms with Gasteiger partial charge in [0.25, 0.3) is 0 Å². The van der Waals surface area contributed by atoms with Crippen molar-refractivity contribution in [1.29, 1.82) is 0 Å². The molecule has 4 nitrogen and oxygen atoms in total. The standard InChI is InChI=1S/C22H21NO3S/c1-24-20-15-17(11-13-22(27)26-21-9-5-6-14-23-21)10-12-19(20)25-16-18-7-3-2-4-8-18/h2-10,12,14-15H,11,13,16H2,1H3. The molecule has 0 amide bonds. The van der Waals surface area contributed by atoms with Gasteiger partial charge in [0.05, 0.1) is 7.11 Å². The fourth-order valence-corrected chi connectivity index (χ4v) is 2.73. The molecule has 27 heavy (non-hydrogen) atoms. The van der Waals surface area contributed by atoms with E-state index in [-0.39, 0.29) is 0 Å². The fraction of sp³-hybridized carbons (Fsp3) is 0.182. The van der Waals surface area contributed by atoms with Gasteiger partial charge in [0, 0.05) is 18.7 Å². The summed E-state index contributed by atoms with van der Waals surface area (Å²) in [5.41, 5.74) is 2.21. The van der Waals surface area contributed by atoms with Gasteiger partial charge in [-0.3, -0.25) is 0 Å². The molecule has 138 valence electrons. The lowest BCUT2D eigenvalue weighted by Crippen LogP contribution is -2.07. The van der Waals surface area contributed by atoms with Gasteiger partial charge >= 0.3 is 0 Å². The lowest BCUT2D eigenvalue weighted by molar-refractivity contribution is 0.284. The van der Waals surface area contributed by atoms with Gasteiger partial charge in [-0.05, 0) is 48.0 Å².